The Balaban J connectivity index is 1.54. The van der Waals surface area contributed by atoms with E-state index >= 15 is 4.39 Å². The Morgan fingerprint density at radius 3 is 2.74 bits per heavy atom. The van der Waals surface area contributed by atoms with Crippen LogP contribution >= 0.6 is 0 Å². The average Bonchev–Trinajstić information content (AvgIpc) is 3.44. The number of amides is 2. The van der Waals surface area contributed by atoms with Crippen LogP contribution in [0.1, 0.15) is 49.3 Å². The molecular weight excluding hydrogens is 539 g/mol. The monoisotopic (exact) mass is 568 g/mol. The first-order chi connectivity index (χ1) is 20.0. The third-order valence-corrected chi connectivity index (χ3v) is 6.87. The summed E-state index contributed by atoms with van der Waals surface area (Å²) in [5.41, 5.74) is 2.63. The maximum atomic E-state index is 15.1. The third-order valence-electron chi connectivity index (χ3n) is 6.87. The number of aromatic nitrogens is 4. The Kier molecular flexibility index (Phi) is 7.43. The van der Waals surface area contributed by atoms with E-state index in [9.17, 15) is 14.9 Å². The molecule has 5 rings (SSSR count). The molecule has 12 heteroatoms. The van der Waals surface area contributed by atoms with Crippen molar-refractivity contribution in [2.45, 2.75) is 52.7 Å². The molecule has 214 valence electrons. The van der Waals surface area contributed by atoms with Crippen LogP contribution in [0.2, 0.25) is 0 Å². The van der Waals surface area contributed by atoms with Crippen molar-refractivity contribution in [3.05, 3.63) is 71.0 Å². The van der Waals surface area contributed by atoms with Crippen LogP contribution in [0, 0.1) is 24.1 Å². The predicted octanol–water partition coefficient (Wildman–Crippen LogP) is 4.82. The quantitative estimate of drug-likeness (QED) is 0.348. The number of nitriles is 1. The molecule has 2 amide bonds. The normalized spacial score (nSPS) is 13.0. The van der Waals surface area contributed by atoms with E-state index in [1.54, 1.807) is 52.9 Å². The molecule has 3 aliphatic heterocycles. The van der Waals surface area contributed by atoms with Crippen LogP contribution in [0.15, 0.2) is 47.7 Å². The van der Waals surface area contributed by atoms with Gasteiger partial charge < -0.3 is 19.9 Å². The van der Waals surface area contributed by atoms with E-state index in [-0.39, 0.29) is 23.1 Å². The highest BCUT2D eigenvalue weighted by Gasteiger charge is 2.25. The average molecular weight is 569 g/mol. The number of ether oxygens (including phenoxy) is 1. The smallest absolute Gasteiger partial charge is 0.437 e. The van der Waals surface area contributed by atoms with Crippen molar-refractivity contribution in [3.63, 3.8) is 0 Å². The van der Waals surface area contributed by atoms with E-state index in [1.165, 1.54) is 18.3 Å². The van der Waals surface area contributed by atoms with Crippen molar-refractivity contribution < 1.29 is 18.7 Å². The SMILES string of the molecule is Cc1cc(F)c(NC(=O)c2cc(C(C)(C)C#N)ccn2)cc1-c1cc2cn/c(=N/C(=O)OC(C)C)nc-2n2c1NCC2. The van der Waals surface area contributed by atoms with Gasteiger partial charge in [-0.15, -0.1) is 4.99 Å². The van der Waals surface area contributed by atoms with Crippen molar-refractivity contribution in [1.82, 2.24) is 19.5 Å². The number of rotatable bonds is 5. The first kappa shape index (κ1) is 28.4. The number of hydrogen-bond acceptors (Lipinski definition) is 8. The number of aryl methyl sites for hydroxylation is 1. The zero-order valence-electron chi connectivity index (χ0n) is 23.8. The Morgan fingerprint density at radius 1 is 1.21 bits per heavy atom. The maximum absolute atomic E-state index is 15.1. The van der Waals surface area contributed by atoms with Crippen molar-refractivity contribution in [2.24, 2.45) is 4.99 Å². The second-order valence-electron chi connectivity index (χ2n) is 10.7. The van der Waals surface area contributed by atoms with Crippen molar-refractivity contribution in [2.75, 3.05) is 17.2 Å². The minimum atomic E-state index is -0.822. The van der Waals surface area contributed by atoms with Gasteiger partial charge in [0, 0.05) is 36.6 Å². The molecule has 0 fully saturated rings. The summed E-state index contributed by atoms with van der Waals surface area (Å²) in [5, 5.41) is 15.5. The molecule has 0 saturated carbocycles. The number of carbonyl (C=O) groups excluding carboxylic acids is 2. The fourth-order valence-corrected chi connectivity index (χ4v) is 4.68. The summed E-state index contributed by atoms with van der Waals surface area (Å²) in [4.78, 5) is 41.8. The second kappa shape index (κ2) is 11.0. The molecule has 0 bridgehead atoms. The fourth-order valence-electron chi connectivity index (χ4n) is 4.68. The van der Waals surface area contributed by atoms with E-state index < -0.39 is 23.2 Å². The van der Waals surface area contributed by atoms with E-state index in [0.717, 1.165) is 11.4 Å². The molecule has 11 nitrogen and oxygen atoms in total. The van der Waals surface area contributed by atoms with Crippen LogP contribution in [0.3, 0.4) is 0 Å². The zero-order chi connectivity index (χ0) is 30.2. The number of halogens is 1. The lowest BCUT2D eigenvalue weighted by Gasteiger charge is -2.19. The summed E-state index contributed by atoms with van der Waals surface area (Å²) in [6.45, 7) is 9.95. The number of benzene rings is 1. The third kappa shape index (κ3) is 5.54. The molecular formula is C30H29FN8O3. The van der Waals surface area contributed by atoms with E-state index in [0.29, 0.717) is 41.2 Å². The second-order valence-corrected chi connectivity index (χ2v) is 10.7. The van der Waals surface area contributed by atoms with Gasteiger partial charge in [-0.2, -0.15) is 10.2 Å². The van der Waals surface area contributed by atoms with Gasteiger partial charge in [0.2, 0.25) is 0 Å². The molecule has 0 radical (unpaired) electrons. The summed E-state index contributed by atoms with van der Waals surface area (Å²) in [7, 11) is 0. The highest BCUT2D eigenvalue weighted by atomic mass is 19.1. The molecule has 3 aliphatic rings. The Labute approximate surface area is 241 Å². The standard InChI is InChI=1S/C30H29FN8O3/c1-16(2)42-29(41)38-28-35-14-18-11-21(26-34-8-9-39(26)25(18)37-28)20-13-23(22(31)10-17(20)3)36-27(40)24-12-19(6-7-33-24)30(4,5)15-32/h6-7,10-14,16,34H,8-9H2,1-5H3,(H,36,40)/b38-28-. The van der Waals surface area contributed by atoms with Crippen LogP contribution < -0.4 is 16.3 Å². The van der Waals surface area contributed by atoms with Crippen LogP contribution in [-0.4, -0.2) is 44.2 Å². The lowest BCUT2D eigenvalue weighted by molar-refractivity contribution is 0.102. The van der Waals surface area contributed by atoms with E-state index in [4.69, 9.17) is 4.74 Å². The van der Waals surface area contributed by atoms with Gasteiger partial charge in [-0.25, -0.2) is 14.2 Å². The lowest BCUT2D eigenvalue weighted by atomic mass is 9.86. The van der Waals surface area contributed by atoms with Crippen molar-refractivity contribution >= 4 is 23.5 Å². The van der Waals surface area contributed by atoms with Crippen molar-refractivity contribution in [3.8, 4) is 28.6 Å². The van der Waals surface area contributed by atoms with Gasteiger partial charge in [0.25, 0.3) is 11.5 Å². The van der Waals surface area contributed by atoms with Crippen molar-refractivity contribution in [1.29, 1.82) is 5.26 Å². The first-order valence-electron chi connectivity index (χ1n) is 13.4. The molecule has 1 aromatic heterocycles. The number of pyridine rings is 2. The Bertz CT molecular complexity index is 1810. The van der Waals surface area contributed by atoms with Gasteiger partial charge in [0.05, 0.1) is 23.3 Å². The number of carbonyl (C=O) groups is 2. The number of nitrogens with zero attached hydrogens (tertiary/aromatic N) is 6. The zero-order valence-corrected chi connectivity index (χ0v) is 23.8. The van der Waals surface area contributed by atoms with Gasteiger partial charge in [-0.05, 0) is 81.6 Å². The van der Waals surface area contributed by atoms with Gasteiger partial charge in [-0.1, -0.05) is 0 Å². The highest BCUT2D eigenvalue weighted by molar-refractivity contribution is 6.03. The molecule has 2 N–H and O–H groups in total. The Morgan fingerprint density at radius 2 is 2.00 bits per heavy atom. The Hall–Kier alpha value is -5.18. The summed E-state index contributed by atoms with van der Waals surface area (Å²) >= 11 is 0. The van der Waals surface area contributed by atoms with E-state index in [1.807, 2.05) is 10.6 Å². The lowest BCUT2D eigenvalue weighted by Crippen LogP contribution is -2.21. The number of anilines is 2. The number of hydrogen-bond donors (Lipinski definition) is 2. The topological polar surface area (TPSA) is 147 Å². The minimum Gasteiger partial charge on any atom is -0.445 e. The largest absolute Gasteiger partial charge is 0.445 e. The summed E-state index contributed by atoms with van der Waals surface area (Å²) in [5.74, 6) is 0.122. The van der Waals surface area contributed by atoms with Gasteiger partial charge in [0.1, 0.15) is 23.2 Å². The van der Waals surface area contributed by atoms with Crippen LogP contribution in [0.25, 0.3) is 22.5 Å². The van der Waals surface area contributed by atoms with Crippen LogP contribution in [0.4, 0.5) is 20.7 Å². The minimum absolute atomic E-state index is 0.0127. The molecule has 0 atom stereocenters. The molecule has 0 aliphatic carbocycles. The molecule has 42 heavy (non-hydrogen) atoms. The molecule has 1 aromatic carbocycles. The fraction of sp³-hybridized carbons (Fsp3) is 0.300. The maximum Gasteiger partial charge on any atom is 0.437 e. The van der Waals surface area contributed by atoms with Crippen LogP contribution in [-0.2, 0) is 16.7 Å². The number of fused-ring (bicyclic) bond motifs is 3. The molecule has 4 heterocycles. The molecule has 2 aromatic rings. The van der Waals surface area contributed by atoms with E-state index in [2.05, 4.69) is 36.6 Å². The summed E-state index contributed by atoms with van der Waals surface area (Å²) in [6.07, 6.45) is 1.93. The molecule has 0 spiro atoms. The highest BCUT2D eigenvalue weighted by Crippen LogP contribution is 2.39. The van der Waals surface area contributed by atoms with Gasteiger partial charge in [-0.3, -0.25) is 9.78 Å². The van der Waals surface area contributed by atoms with Gasteiger partial charge in [0.15, 0.2) is 0 Å². The molecule has 0 unspecified atom stereocenters. The van der Waals surface area contributed by atoms with Gasteiger partial charge >= 0.3 is 6.09 Å². The summed E-state index contributed by atoms with van der Waals surface area (Å²) in [6, 6.07) is 10.2. The van der Waals surface area contributed by atoms with Crippen LogP contribution in [0.5, 0.6) is 0 Å². The first-order valence-corrected chi connectivity index (χ1v) is 13.4. The summed E-state index contributed by atoms with van der Waals surface area (Å²) < 4.78 is 22.2. The molecule has 0 saturated heterocycles. The predicted molar refractivity (Wildman–Crippen MR) is 153 cm³/mol. The number of nitrogens with one attached hydrogen (secondary N) is 2.